The maximum atomic E-state index is 13.5. The molecule has 0 radical (unpaired) electrons. The Labute approximate surface area is 119 Å². The van der Waals surface area contributed by atoms with Crippen molar-refractivity contribution in [1.82, 2.24) is 4.98 Å². The van der Waals surface area contributed by atoms with Gasteiger partial charge in [0.1, 0.15) is 17.1 Å². The molecule has 0 N–H and O–H groups in total. The molecule has 0 amide bonds. The highest BCUT2D eigenvalue weighted by atomic mass is 19.4. The van der Waals surface area contributed by atoms with Crippen LogP contribution in [0.5, 0.6) is 5.75 Å². The highest BCUT2D eigenvalue weighted by Crippen LogP contribution is 2.36. The highest BCUT2D eigenvalue weighted by molar-refractivity contribution is 5.67. The Balaban J connectivity index is 2.47. The maximum absolute atomic E-state index is 13.5. The van der Waals surface area contributed by atoms with Crippen LogP contribution in [-0.4, -0.2) is 11.3 Å². The van der Waals surface area contributed by atoms with Crippen molar-refractivity contribution in [2.24, 2.45) is 0 Å². The largest absolute Gasteiger partial charge is 0.573 e. The van der Waals surface area contributed by atoms with E-state index in [0.717, 1.165) is 12.1 Å². The Kier molecular flexibility index (Phi) is 3.99. The summed E-state index contributed by atoms with van der Waals surface area (Å²) in [5.41, 5.74) is -2.30. The molecule has 0 saturated heterocycles. The van der Waals surface area contributed by atoms with Crippen LogP contribution >= 0.6 is 0 Å². The molecule has 9 heteroatoms. The number of alkyl halides is 6. The quantitative estimate of drug-likeness (QED) is 0.740. The number of nitrogens with zero attached hydrogens (tertiary/aromatic N) is 1. The van der Waals surface area contributed by atoms with E-state index in [1.54, 1.807) is 0 Å². The molecule has 0 aliphatic carbocycles. The van der Waals surface area contributed by atoms with Crippen molar-refractivity contribution in [3.05, 3.63) is 47.9 Å². The van der Waals surface area contributed by atoms with Gasteiger partial charge in [-0.2, -0.15) is 13.2 Å². The fraction of sp³-hybridized carbons (Fsp3) is 0.154. The van der Waals surface area contributed by atoms with Crippen LogP contribution < -0.4 is 4.74 Å². The summed E-state index contributed by atoms with van der Waals surface area (Å²) >= 11 is 0. The van der Waals surface area contributed by atoms with E-state index in [0.29, 0.717) is 6.07 Å². The van der Waals surface area contributed by atoms with E-state index in [2.05, 4.69) is 9.72 Å². The number of hydrogen-bond donors (Lipinski definition) is 0. The predicted octanol–water partition coefficient (Wildman–Crippen LogP) is 4.81. The molecule has 118 valence electrons. The summed E-state index contributed by atoms with van der Waals surface area (Å²) in [4.78, 5) is 3.36. The molecular formula is C13H6F7NO. The molecule has 0 atom stereocenters. The minimum atomic E-state index is -5.00. The van der Waals surface area contributed by atoms with Crippen molar-refractivity contribution in [3.8, 4) is 17.0 Å². The topological polar surface area (TPSA) is 22.1 Å². The van der Waals surface area contributed by atoms with Gasteiger partial charge in [0.15, 0.2) is 0 Å². The molecule has 0 unspecified atom stereocenters. The van der Waals surface area contributed by atoms with E-state index in [-0.39, 0.29) is 11.8 Å². The maximum Gasteiger partial charge on any atom is 0.573 e. The molecule has 1 aromatic carbocycles. The normalized spacial score (nSPS) is 12.3. The van der Waals surface area contributed by atoms with Crippen LogP contribution in [0.3, 0.4) is 0 Å². The fourth-order valence-corrected chi connectivity index (χ4v) is 1.68. The number of benzene rings is 1. The van der Waals surface area contributed by atoms with E-state index < -0.39 is 35.4 Å². The summed E-state index contributed by atoms with van der Waals surface area (Å²) in [5, 5.41) is 0. The lowest BCUT2D eigenvalue weighted by molar-refractivity contribution is -0.274. The van der Waals surface area contributed by atoms with Crippen LogP contribution in [0.15, 0.2) is 36.5 Å². The number of halogens is 7. The highest BCUT2D eigenvalue weighted by Gasteiger charge is 2.35. The molecule has 2 aromatic rings. The van der Waals surface area contributed by atoms with Crippen molar-refractivity contribution >= 4 is 0 Å². The lowest BCUT2D eigenvalue weighted by Gasteiger charge is -2.13. The van der Waals surface area contributed by atoms with Gasteiger partial charge in [0, 0.05) is 17.8 Å². The lowest BCUT2D eigenvalue weighted by Crippen LogP contribution is -2.17. The molecule has 22 heavy (non-hydrogen) atoms. The average Bonchev–Trinajstić information content (AvgIpc) is 2.35. The van der Waals surface area contributed by atoms with E-state index in [1.807, 2.05) is 0 Å². The van der Waals surface area contributed by atoms with Gasteiger partial charge in [-0.25, -0.2) is 4.39 Å². The first kappa shape index (κ1) is 16.1. The Morgan fingerprint density at radius 3 is 2.14 bits per heavy atom. The molecule has 0 saturated carbocycles. The summed E-state index contributed by atoms with van der Waals surface area (Å²) < 4.78 is 91.3. The van der Waals surface area contributed by atoms with E-state index in [1.165, 1.54) is 12.1 Å². The smallest absolute Gasteiger partial charge is 0.405 e. The summed E-state index contributed by atoms with van der Waals surface area (Å²) in [6.45, 7) is 0. The Morgan fingerprint density at radius 2 is 1.59 bits per heavy atom. The number of hydrogen-bond acceptors (Lipinski definition) is 2. The van der Waals surface area contributed by atoms with Crippen LogP contribution in [0.4, 0.5) is 30.7 Å². The van der Waals surface area contributed by atoms with Gasteiger partial charge in [-0.05, 0) is 12.1 Å². The third-order valence-corrected chi connectivity index (χ3v) is 2.55. The van der Waals surface area contributed by atoms with E-state index >= 15 is 0 Å². The fourth-order valence-electron chi connectivity index (χ4n) is 1.68. The number of para-hydroxylation sites is 1. The number of pyridine rings is 1. The van der Waals surface area contributed by atoms with Gasteiger partial charge in [-0.3, -0.25) is 4.98 Å². The molecule has 0 spiro atoms. The number of rotatable bonds is 2. The predicted molar refractivity (Wildman–Crippen MR) is 61.3 cm³/mol. The van der Waals surface area contributed by atoms with Crippen LogP contribution in [0, 0.1) is 5.82 Å². The first-order chi connectivity index (χ1) is 10.1. The standard InChI is InChI=1S/C13H6F7NO/c14-9-5-10(21-6-8(9)12(15,16)17)7-3-1-2-4-11(7)22-13(18,19)20/h1-6H. The average molecular weight is 325 g/mol. The SMILES string of the molecule is Fc1cc(-c2ccccc2OC(F)(F)F)ncc1C(F)(F)F. The van der Waals surface area contributed by atoms with Crippen molar-refractivity contribution in [2.45, 2.75) is 12.5 Å². The number of ether oxygens (including phenoxy) is 1. The first-order valence-corrected chi connectivity index (χ1v) is 5.66. The minimum Gasteiger partial charge on any atom is -0.405 e. The Hall–Kier alpha value is -2.32. The van der Waals surface area contributed by atoms with Crippen molar-refractivity contribution < 1.29 is 35.5 Å². The van der Waals surface area contributed by atoms with Crippen molar-refractivity contribution in [2.75, 3.05) is 0 Å². The van der Waals surface area contributed by atoms with Crippen molar-refractivity contribution in [1.29, 1.82) is 0 Å². The van der Waals surface area contributed by atoms with Crippen molar-refractivity contribution in [3.63, 3.8) is 0 Å². The summed E-state index contributed by atoms with van der Waals surface area (Å²) in [5.74, 6) is -2.33. The molecule has 0 aliphatic rings. The zero-order chi connectivity index (χ0) is 16.5. The van der Waals surface area contributed by atoms with Gasteiger partial charge in [0.25, 0.3) is 0 Å². The zero-order valence-electron chi connectivity index (χ0n) is 10.5. The minimum absolute atomic E-state index is 0.217. The second kappa shape index (κ2) is 5.47. The molecule has 2 rings (SSSR count). The molecule has 0 fully saturated rings. The lowest BCUT2D eigenvalue weighted by atomic mass is 10.1. The van der Waals surface area contributed by atoms with Gasteiger partial charge >= 0.3 is 12.5 Å². The van der Waals surface area contributed by atoms with Gasteiger partial charge in [-0.1, -0.05) is 12.1 Å². The second-order valence-electron chi connectivity index (χ2n) is 4.09. The third kappa shape index (κ3) is 3.66. The van der Waals surface area contributed by atoms with E-state index in [9.17, 15) is 30.7 Å². The monoisotopic (exact) mass is 325 g/mol. The third-order valence-electron chi connectivity index (χ3n) is 2.55. The van der Waals surface area contributed by atoms with Gasteiger partial charge in [0.05, 0.1) is 5.69 Å². The van der Waals surface area contributed by atoms with Crippen LogP contribution in [0.25, 0.3) is 11.3 Å². The number of aromatic nitrogens is 1. The van der Waals surface area contributed by atoms with E-state index in [4.69, 9.17) is 0 Å². The van der Waals surface area contributed by atoms with Gasteiger partial charge in [0.2, 0.25) is 0 Å². The van der Waals surface area contributed by atoms with Gasteiger partial charge < -0.3 is 4.74 Å². The molecule has 0 aliphatic heterocycles. The molecule has 1 aromatic heterocycles. The first-order valence-electron chi connectivity index (χ1n) is 5.66. The Bertz CT molecular complexity index is 679. The van der Waals surface area contributed by atoms with Crippen LogP contribution in [-0.2, 0) is 6.18 Å². The summed E-state index contributed by atoms with van der Waals surface area (Å²) in [7, 11) is 0. The molecule has 0 bridgehead atoms. The molecular weight excluding hydrogens is 319 g/mol. The van der Waals surface area contributed by atoms with Crippen LogP contribution in [0.2, 0.25) is 0 Å². The molecule has 2 nitrogen and oxygen atoms in total. The zero-order valence-corrected chi connectivity index (χ0v) is 10.5. The Morgan fingerprint density at radius 1 is 0.955 bits per heavy atom. The van der Waals surface area contributed by atoms with Crippen LogP contribution in [0.1, 0.15) is 5.56 Å². The second-order valence-corrected chi connectivity index (χ2v) is 4.09. The summed E-state index contributed by atoms with van der Waals surface area (Å²) in [6.07, 6.45) is -9.73. The molecule has 1 heterocycles. The summed E-state index contributed by atoms with van der Waals surface area (Å²) in [6, 6.07) is 5.01. The van der Waals surface area contributed by atoms with Gasteiger partial charge in [-0.15, -0.1) is 13.2 Å².